The molecular weight excluding hydrogens is 383 g/mol. The fraction of sp³-hybridized carbons (Fsp3) is 0.917. The van der Waals surface area contributed by atoms with Gasteiger partial charge in [0.25, 0.3) is 5.50 Å². The number of hydrogen-bond acceptors (Lipinski definition) is 3. The summed E-state index contributed by atoms with van der Waals surface area (Å²) in [6.45, 7) is 3.82. The highest BCUT2D eigenvalue weighted by Gasteiger charge is 2.70. The van der Waals surface area contributed by atoms with Gasteiger partial charge in [-0.3, -0.25) is 0 Å². The van der Waals surface area contributed by atoms with Gasteiger partial charge in [-0.25, -0.2) is 4.79 Å². The highest BCUT2D eigenvalue weighted by molar-refractivity contribution is 6.47. The average molecular weight is 395 g/mol. The molecule has 28 heavy (non-hydrogen) atoms. The van der Waals surface area contributed by atoms with Gasteiger partial charge in [0.2, 0.25) is 0 Å². The fourth-order valence-electron chi connectivity index (χ4n) is 3.04. The van der Waals surface area contributed by atoms with Crippen LogP contribution < -0.4 is 0 Å². The molecule has 1 saturated heterocycles. The molecule has 1 aliphatic heterocycles. The maximum Gasteiger partial charge on any atom is 0.427 e. The molecule has 1 aliphatic rings. The van der Waals surface area contributed by atoms with Crippen molar-refractivity contribution in [3.05, 3.63) is 0 Å². The van der Waals surface area contributed by atoms with E-state index in [2.05, 4.69) is 12.6 Å². The third-order valence-electron chi connectivity index (χ3n) is 4.03. The van der Waals surface area contributed by atoms with Crippen LogP contribution in [0.3, 0.4) is 0 Å². The van der Waals surface area contributed by atoms with Gasteiger partial charge in [-0.2, -0.15) is 26.3 Å². The summed E-state index contributed by atoms with van der Waals surface area (Å²) >= 11 is 0. The molecule has 1 atom stereocenters. The molecule has 142 valence electrons. The van der Waals surface area contributed by atoms with E-state index in [1.807, 2.05) is 0 Å². The highest BCUT2D eigenvalue weighted by atomic mass is 19.4. The van der Waals surface area contributed by atoms with E-state index in [0.717, 1.165) is 4.90 Å². The molecule has 0 spiro atoms. The standard InChI is InChI=1S/C12H12B6F6N2O2/c1-7(2,3)26-8(14,15)4-25(5(13)9(26,16)17)6(27)28-10(18,11(19,20)21)12(22,23)24/h5H,4H2,1-3H3. The Morgan fingerprint density at radius 2 is 1.39 bits per heavy atom. The summed E-state index contributed by atoms with van der Waals surface area (Å²) < 4.78 is 80.8. The Morgan fingerprint density at radius 3 is 1.71 bits per heavy atom. The Kier molecular flexibility index (Phi) is 6.19. The van der Waals surface area contributed by atoms with E-state index in [0.29, 0.717) is 0 Å². The van der Waals surface area contributed by atoms with Crippen LogP contribution >= 0.6 is 0 Å². The lowest BCUT2D eigenvalue weighted by Gasteiger charge is -2.66. The maximum absolute atomic E-state index is 12.9. The third-order valence-corrected chi connectivity index (χ3v) is 4.03. The van der Waals surface area contributed by atoms with Crippen LogP contribution in [0.25, 0.3) is 0 Å². The number of piperazine rings is 1. The summed E-state index contributed by atoms with van der Waals surface area (Å²) in [5.41, 5.74) is -6.27. The third kappa shape index (κ3) is 4.21. The molecule has 0 N–H and O–H groups in total. The summed E-state index contributed by atoms with van der Waals surface area (Å²) in [6, 6.07) is 0. The van der Waals surface area contributed by atoms with Crippen LogP contribution in [0.5, 0.6) is 0 Å². The monoisotopic (exact) mass is 396 g/mol. The first-order valence-electron chi connectivity index (χ1n) is 7.63. The molecule has 0 aromatic rings. The van der Waals surface area contributed by atoms with Crippen molar-refractivity contribution >= 4 is 53.2 Å². The Labute approximate surface area is 166 Å². The van der Waals surface area contributed by atoms with Crippen LogP contribution in [-0.4, -0.2) is 110 Å². The van der Waals surface area contributed by atoms with Gasteiger partial charge in [0.1, 0.15) is 0 Å². The zero-order chi connectivity index (χ0) is 22.7. The molecule has 12 radical (unpaired) electrons. The molecule has 16 heteroatoms. The average Bonchev–Trinajstić information content (AvgIpc) is 2.37. The number of carbonyl (C=O) groups is 1. The largest absolute Gasteiger partial charge is 0.434 e. The minimum absolute atomic E-state index is 0.154. The van der Waals surface area contributed by atoms with Crippen molar-refractivity contribution in [2.24, 2.45) is 0 Å². The number of alkyl halides is 6. The molecule has 1 fully saturated rings. The molecule has 0 aliphatic carbocycles. The van der Waals surface area contributed by atoms with Crippen LogP contribution in [0.1, 0.15) is 20.8 Å². The molecule has 1 unspecified atom stereocenters. The normalized spacial score (nSPS) is 24.0. The molecule has 0 aromatic heterocycles. The summed E-state index contributed by atoms with van der Waals surface area (Å²) in [4.78, 5) is 13.4. The van der Waals surface area contributed by atoms with Gasteiger partial charge in [-0.15, -0.1) is 0 Å². The Morgan fingerprint density at radius 1 is 1.00 bits per heavy atom. The number of rotatable bonds is 1. The molecule has 1 rings (SSSR count). The maximum atomic E-state index is 12.9. The SMILES string of the molecule is [B]C1N(C(=O)OC([B])(C(F)(F)F)C(F)(F)F)CC([B])([B])N(C(C)(C)C)C1([B])[B]. The molecule has 0 aromatic carbocycles. The zero-order valence-corrected chi connectivity index (χ0v) is 15.2. The molecule has 1 heterocycles. The van der Waals surface area contributed by atoms with E-state index in [-0.39, 0.29) is 4.90 Å². The van der Waals surface area contributed by atoms with Crippen molar-refractivity contribution in [1.29, 1.82) is 0 Å². The van der Waals surface area contributed by atoms with Crippen LogP contribution in [0.2, 0.25) is 0 Å². The van der Waals surface area contributed by atoms with Crippen molar-refractivity contribution < 1.29 is 35.9 Å². The lowest BCUT2D eigenvalue weighted by Crippen LogP contribution is -2.82. The lowest BCUT2D eigenvalue weighted by atomic mass is 9.43. The van der Waals surface area contributed by atoms with E-state index in [1.54, 1.807) is 20.8 Å². The van der Waals surface area contributed by atoms with Crippen molar-refractivity contribution in [2.45, 2.75) is 60.8 Å². The van der Waals surface area contributed by atoms with Crippen LogP contribution in [0.15, 0.2) is 0 Å². The van der Waals surface area contributed by atoms with Crippen molar-refractivity contribution in [3.8, 4) is 0 Å². The first-order valence-corrected chi connectivity index (χ1v) is 7.63. The lowest BCUT2D eigenvalue weighted by molar-refractivity contribution is -0.331. The first kappa shape index (κ1) is 25.2. The Balaban J connectivity index is 3.34. The van der Waals surface area contributed by atoms with Gasteiger partial charge in [-0.1, -0.05) is 0 Å². The number of ether oxygens (including phenoxy) is 1. The van der Waals surface area contributed by atoms with Crippen molar-refractivity contribution in [2.75, 3.05) is 6.54 Å². The minimum atomic E-state index is -6.19. The van der Waals surface area contributed by atoms with Gasteiger partial charge in [-0.05, 0) is 37.4 Å². The second kappa shape index (κ2) is 6.87. The van der Waals surface area contributed by atoms with E-state index in [1.165, 1.54) is 0 Å². The molecule has 1 amide bonds. The van der Waals surface area contributed by atoms with Gasteiger partial charge in [0, 0.05) is 12.1 Å². The predicted octanol–water partition coefficient (Wildman–Crippen LogP) is 0.00470. The number of halogens is 6. The second-order valence-corrected chi connectivity index (χ2v) is 7.56. The quantitative estimate of drug-likeness (QED) is 0.463. The summed E-state index contributed by atoms with van der Waals surface area (Å²) in [5, 5.41) is -4.35. The molecule has 0 bridgehead atoms. The van der Waals surface area contributed by atoms with Gasteiger partial charge in [0.15, 0.2) is 7.85 Å². The van der Waals surface area contributed by atoms with Crippen LogP contribution in [0.4, 0.5) is 31.1 Å². The number of nitrogens with zero attached hydrogens (tertiary/aromatic N) is 2. The van der Waals surface area contributed by atoms with E-state index in [9.17, 15) is 31.1 Å². The van der Waals surface area contributed by atoms with Crippen molar-refractivity contribution in [3.63, 3.8) is 0 Å². The minimum Gasteiger partial charge on any atom is -0.434 e. The topological polar surface area (TPSA) is 32.8 Å². The van der Waals surface area contributed by atoms with Gasteiger partial charge < -0.3 is 14.5 Å². The summed E-state index contributed by atoms with van der Waals surface area (Å²) in [5.74, 6) is -1.86. The fourth-order valence-corrected chi connectivity index (χ4v) is 3.04. The zero-order valence-electron chi connectivity index (χ0n) is 15.2. The number of carbonyl (C=O) groups excluding carboxylic acids is 1. The Bertz CT molecular complexity index is 607. The smallest absolute Gasteiger partial charge is 0.427 e. The Hall–Kier alpha value is -0.800. The van der Waals surface area contributed by atoms with E-state index < -0.39 is 52.6 Å². The van der Waals surface area contributed by atoms with Crippen LogP contribution in [-0.2, 0) is 4.74 Å². The first-order chi connectivity index (χ1) is 12.0. The summed E-state index contributed by atoms with van der Waals surface area (Å²) in [6.07, 6.45) is -14.6. The molecule has 4 nitrogen and oxygen atoms in total. The van der Waals surface area contributed by atoms with Gasteiger partial charge in [0.05, 0.1) is 39.2 Å². The summed E-state index contributed by atoms with van der Waals surface area (Å²) in [7, 11) is 33.6. The molecule has 0 saturated carbocycles. The number of hydrogen-bond donors (Lipinski definition) is 0. The van der Waals surface area contributed by atoms with Crippen molar-refractivity contribution in [1.82, 2.24) is 9.80 Å². The predicted molar refractivity (Wildman–Crippen MR) is 93.4 cm³/mol. The highest BCUT2D eigenvalue weighted by Crippen LogP contribution is 2.44. The van der Waals surface area contributed by atoms with E-state index in [4.69, 9.17) is 39.2 Å². The van der Waals surface area contributed by atoms with Crippen LogP contribution in [0, 0.1) is 0 Å². The van der Waals surface area contributed by atoms with Gasteiger partial charge >= 0.3 is 18.4 Å². The second-order valence-electron chi connectivity index (χ2n) is 7.56. The molecular formula is C12H12B6F6N2O2. The van der Waals surface area contributed by atoms with E-state index >= 15 is 0 Å². The number of amides is 1.